The molecule has 0 aliphatic carbocycles. The van der Waals surface area contributed by atoms with E-state index in [-0.39, 0.29) is 17.2 Å². The average molecular weight is 487 g/mol. The van der Waals surface area contributed by atoms with Crippen molar-refractivity contribution in [2.45, 2.75) is 45.4 Å². The average Bonchev–Trinajstić information content (AvgIpc) is 3.10. The minimum atomic E-state index is -3.55. The lowest BCUT2D eigenvalue weighted by Crippen LogP contribution is -2.30. The van der Waals surface area contributed by atoms with Crippen LogP contribution in [0.3, 0.4) is 0 Å². The fourth-order valence-corrected chi connectivity index (χ4v) is 5.49. The van der Waals surface area contributed by atoms with Gasteiger partial charge < -0.3 is 14.6 Å². The summed E-state index contributed by atoms with van der Waals surface area (Å²) in [5, 5.41) is 2.87. The number of hydrogen-bond donors (Lipinski definition) is 1. The fourth-order valence-electron chi connectivity index (χ4n) is 4.02. The molecule has 0 saturated carbocycles. The molecule has 8 nitrogen and oxygen atoms in total. The van der Waals surface area contributed by atoms with Crippen LogP contribution in [0.25, 0.3) is 11.0 Å². The molecular formula is C25H34N4O4S. The molecule has 0 saturated heterocycles. The van der Waals surface area contributed by atoms with Crippen LogP contribution in [0.4, 0.5) is 0 Å². The van der Waals surface area contributed by atoms with E-state index < -0.39 is 10.0 Å². The van der Waals surface area contributed by atoms with Crippen molar-refractivity contribution >= 4 is 27.0 Å². The highest BCUT2D eigenvalue weighted by molar-refractivity contribution is 7.89. The zero-order chi connectivity index (χ0) is 24.9. The molecule has 0 aliphatic heterocycles. The maximum Gasteiger partial charge on any atom is 0.243 e. The van der Waals surface area contributed by atoms with E-state index in [9.17, 15) is 13.2 Å². The van der Waals surface area contributed by atoms with Gasteiger partial charge in [-0.25, -0.2) is 13.4 Å². The summed E-state index contributed by atoms with van der Waals surface area (Å²) in [6, 6.07) is 11.0. The first kappa shape index (κ1) is 25.7. The van der Waals surface area contributed by atoms with Crippen molar-refractivity contribution in [3.63, 3.8) is 0 Å². The molecule has 34 heavy (non-hydrogen) atoms. The number of rotatable bonds is 11. The van der Waals surface area contributed by atoms with Crippen LogP contribution < -0.4 is 10.1 Å². The number of amides is 1. The highest BCUT2D eigenvalue weighted by Gasteiger charge is 2.22. The lowest BCUT2D eigenvalue weighted by Gasteiger charge is -2.18. The van der Waals surface area contributed by atoms with Crippen molar-refractivity contribution in [1.82, 2.24) is 19.2 Å². The predicted molar refractivity (Wildman–Crippen MR) is 134 cm³/mol. The molecule has 1 N–H and O–H groups in total. The molecule has 184 valence electrons. The SMILES string of the molecule is CCN(CC)S(=O)(=O)c1ccc2c(c1)nc(CCC(=O)NCCOc1cc(C)cc(C)c1)n2C. The summed E-state index contributed by atoms with van der Waals surface area (Å²) in [7, 11) is -1.68. The number of hydrogen-bond acceptors (Lipinski definition) is 5. The number of imidazole rings is 1. The van der Waals surface area contributed by atoms with Gasteiger partial charge in [-0.1, -0.05) is 19.9 Å². The Labute approximate surface area is 202 Å². The van der Waals surface area contributed by atoms with Crippen molar-refractivity contribution in [2.75, 3.05) is 26.2 Å². The molecule has 0 radical (unpaired) electrons. The lowest BCUT2D eigenvalue weighted by molar-refractivity contribution is -0.121. The van der Waals surface area contributed by atoms with E-state index in [2.05, 4.69) is 16.4 Å². The summed E-state index contributed by atoms with van der Waals surface area (Å²) < 4.78 is 34.7. The van der Waals surface area contributed by atoms with E-state index in [0.717, 1.165) is 28.2 Å². The van der Waals surface area contributed by atoms with Crippen molar-refractivity contribution in [3.8, 4) is 5.75 Å². The summed E-state index contributed by atoms with van der Waals surface area (Å²) >= 11 is 0. The van der Waals surface area contributed by atoms with E-state index in [1.807, 2.05) is 51.4 Å². The van der Waals surface area contributed by atoms with Crippen molar-refractivity contribution in [1.29, 1.82) is 0 Å². The minimum absolute atomic E-state index is 0.0825. The van der Waals surface area contributed by atoms with E-state index in [4.69, 9.17) is 4.74 Å². The van der Waals surface area contributed by atoms with Crippen LogP contribution in [0.15, 0.2) is 41.3 Å². The molecule has 1 heterocycles. The van der Waals surface area contributed by atoms with Crippen molar-refractivity contribution < 1.29 is 17.9 Å². The molecule has 1 amide bonds. The number of carbonyl (C=O) groups excluding carboxylic acids is 1. The second kappa shape index (κ2) is 11.0. The van der Waals surface area contributed by atoms with E-state index in [0.29, 0.717) is 38.2 Å². The Balaban J connectivity index is 1.57. The standard InChI is InChI=1S/C25H34N4O4S/c1-6-29(7-2)34(31,32)21-8-9-23-22(17-21)27-24(28(23)5)10-11-25(30)26-12-13-33-20-15-18(3)14-19(4)16-20/h8-9,14-17H,6-7,10-13H2,1-5H3,(H,26,30). The van der Waals surface area contributed by atoms with Crippen molar-refractivity contribution in [3.05, 3.63) is 53.3 Å². The molecule has 3 rings (SSSR count). The Hall–Kier alpha value is -2.91. The maximum atomic E-state index is 12.8. The van der Waals surface area contributed by atoms with Gasteiger partial charge >= 0.3 is 0 Å². The molecule has 0 fully saturated rings. The van der Waals surface area contributed by atoms with Gasteiger partial charge in [-0.3, -0.25) is 4.79 Å². The summed E-state index contributed by atoms with van der Waals surface area (Å²) in [5.41, 5.74) is 3.71. The number of aromatic nitrogens is 2. The highest BCUT2D eigenvalue weighted by Crippen LogP contribution is 2.23. The second-order valence-corrected chi connectivity index (χ2v) is 10.3. The van der Waals surface area contributed by atoms with Crippen LogP contribution in [0.5, 0.6) is 5.75 Å². The van der Waals surface area contributed by atoms with Gasteiger partial charge in [0.2, 0.25) is 15.9 Å². The molecule has 0 unspecified atom stereocenters. The highest BCUT2D eigenvalue weighted by atomic mass is 32.2. The Morgan fingerprint density at radius 3 is 2.41 bits per heavy atom. The molecule has 9 heteroatoms. The third-order valence-electron chi connectivity index (χ3n) is 5.75. The number of sulfonamides is 1. The zero-order valence-electron chi connectivity index (χ0n) is 20.6. The van der Waals surface area contributed by atoms with Gasteiger partial charge in [-0.15, -0.1) is 0 Å². The molecule has 0 aliphatic rings. The Bertz CT molecular complexity index is 1240. The molecule has 0 bridgehead atoms. The Kier molecular flexibility index (Phi) is 8.33. The first-order valence-corrected chi connectivity index (χ1v) is 13.0. The molecule has 2 aromatic carbocycles. The van der Waals surface area contributed by atoms with Crippen LogP contribution in [0.2, 0.25) is 0 Å². The number of fused-ring (bicyclic) bond motifs is 1. The van der Waals surface area contributed by atoms with E-state index >= 15 is 0 Å². The maximum absolute atomic E-state index is 12.8. The molecular weight excluding hydrogens is 452 g/mol. The largest absolute Gasteiger partial charge is 0.492 e. The Morgan fingerprint density at radius 1 is 1.09 bits per heavy atom. The van der Waals surface area contributed by atoms with Gasteiger partial charge in [0.1, 0.15) is 18.2 Å². The number of aryl methyl sites for hydroxylation is 4. The first-order chi connectivity index (χ1) is 16.1. The lowest BCUT2D eigenvalue weighted by atomic mass is 10.1. The van der Waals surface area contributed by atoms with E-state index in [1.54, 1.807) is 18.2 Å². The summed E-state index contributed by atoms with van der Waals surface area (Å²) in [6.07, 6.45) is 0.735. The first-order valence-electron chi connectivity index (χ1n) is 11.6. The molecule has 0 spiro atoms. The van der Waals surface area contributed by atoms with Gasteiger partial charge in [0.25, 0.3) is 0 Å². The minimum Gasteiger partial charge on any atom is -0.492 e. The van der Waals surface area contributed by atoms with Gasteiger partial charge in [-0.05, 0) is 55.3 Å². The monoisotopic (exact) mass is 486 g/mol. The van der Waals surface area contributed by atoms with E-state index in [1.165, 1.54) is 4.31 Å². The van der Waals surface area contributed by atoms with Gasteiger partial charge in [0, 0.05) is 33.0 Å². The van der Waals surface area contributed by atoms with Gasteiger partial charge in [-0.2, -0.15) is 4.31 Å². The van der Waals surface area contributed by atoms with Crippen molar-refractivity contribution in [2.24, 2.45) is 7.05 Å². The van der Waals surface area contributed by atoms with Crippen LogP contribution >= 0.6 is 0 Å². The smallest absolute Gasteiger partial charge is 0.243 e. The number of ether oxygens (including phenoxy) is 1. The molecule has 3 aromatic rings. The normalized spacial score (nSPS) is 11.8. The number of benzene rings is 2. The van der Waals surface area contributed by atoms with Crippen LogP contribution in [-0.4, -0.2) is 54.4 Å². The quantitative estimate of drug-likeness (QED) is 0.420. The van der Waals surface area contributed by atoms with Gasteiger partial charge in [0.05, 0.1) is 22.5 Å². The fraction of sp³-hybridized carbons (Fsp3) is 0.440. The zero-order valence-corrected chi connectivity index (χ0v) is 21.4. The summed E-state index contributed by atoms with van der Waals surface area (Å²) in [5.74, 6) is 1.45. The summed E-state index contributed by atoms with van der Waals surface area (Å²) in [4.78, 5) is 17.1. The second-order valence-electron chi connectivity index (χ2n) is 8.35. The third kappa shape index (κ3) is 5.95. The number of carbonyl (C=O) groups is 1. The van der Waals surface area contributed by atoms with Crippen LogP contribution in [-0.2, 0) is 28.3 Å². The number of nitrogens with zero attached hydrogens (tertiary/aromatic N) is 3. The van der Waals surface area contributed by atoms with Crippen LogP contribution in [0, 0.1) is 13.8 Å². The topological polar surface area (TPSA) is 93.5 Å². The van der Waals surface area contributed by atoms with Gasteiger partial charge in [0.15, 0.2) is 0 Å². The summed E-state index contributed by atoms with van der Waals surface area (Å²) in [6.45, 7) is 9.31. The third-order valence-corrected chi connectivity index (χ3v) is 7.80. The molecule has 0 atom stereocenters. The Morgan fingerprint density at radius 2 is 1.76 bits per heavy atom. The van der Waals surface area contributed by atoms with Crippen LogP contribution in [0.1, 0.15) is 37.2 Å². The molecule has 1 aromatic heterocycles. The number of nitrogens with one attached hydrogen (secondary N) is 1. The predicted octanol–water partition coefficient (Wildman–Crippen LogP) is 3.35.